The third-order valence-electron chi connectivity index (χ3n) is 4.80. The van der Waals surface area contributed by atoms with Crippen LogP contribution in [-0.4, -0.2) is 23.8 Å². The lowest BCUT2D eigenvalue weighted by molar-refractivity contribution is -0.136. The van der Waals surface area contributed by atoms with Gasteiger partial charge in [-0.25, -0.2) is 0 Å². The first-order chi connectivity index (χ1) is 9.34. The maximum absolute atomic E-state index is 12.8. The molecule has 3 rings (SSSR count). The van der Waals surface area contributed by atoms with Gasteiger partial charge in [0, 0.05) is 6.42 Å². The normalized spacial score (nSPS) is 29.4. The van der Waals surface area contributed by atoms with Gasteiger partial charge in [0.05, 0.1) is 0 Å². The molecule has 0 aromatic heterocycles. The molecule has 0 bridgehead atoms. The average molecular weight is 257 g/mol. The quantitative estimate of drug-likeness (QED) is 0.808. The summed E-state index contributed by atoms with van der Waals surface area (Å²) in [6.45, 7) is 2.17. The standard InChI is InChI=1S/C17H23NO/c19-16-11-5-6-12-17(16,15-9-3-1-4-10-15)18-13-7-2-8-14-18/h1,3-4,9-10H,2,5-8,11-14H2. The van der Waals surface area contributed by atoms with Crippen LogP contribution in [0.1, 0.15) is 50.5 Å². The van der Waals surface area contributed by atoms with Gasteiger partial charge in [-0.3, -0.25) is 9.69 Å². The molecule has 2 aliphatic rings. The number of rotatable bonds is 2. The first-order valence-corrected chi connectivity index (χ1v) is 7.68. The summed E-state index contributed by atoms with van der Waals surface area (Å²) in [4.78, 5) is 15.3. The molecule has 1 heterocycles. The van der Waals surface area contributed by atoms with E-state index in [-0.39, 0.29) is 5.54 Å². The summed E-state index contributed by atoms with van der Waals surface area (Å²) in [5.74, 6) is 0.451. The van der Waals surface area contributed by atoms with E-state index >= 15 is 0 Å². The number of ketones is 1. The first kappa shape index (κ1) is 12.9. The fourth-order valence-electron chi connectivity index (χ4n) is 3.82. The molecule has 2 nitrogen and oxygen atoms in total. The first-order valence-electron chi connectivity index (χ1n) is 7.68. The maximum atomic E-state index is 12.8. The number of hydrogen-bond acceptors (Lipinski definition) is 2. The molecule has 0 amide bonds. The summed E-state index contributed by atoms with van der Waals surface area (Å²) in [6.07, 6.45) is 7.80. The number of hydrogen-bond donors (Lipinski definition) is 0. The third kappa shape index (κ3) is 2.23. The Hall–Kier alpha value is -1.15. The van der Waals surface area contributed by atoms with Crippen LogP contribution in [0.4, 0.5) is 0 Å². The van der Waals surface area contributed by atoms with Crippen LogP contribution < -0.4 is 0 Å². The number of carbonyl (C=O) groups is 1. The number of nitrogens with zero attached hydrogens (tertiary/aromatic N) is 1. The van der Waals surface area contributed by atoms with Crippen molar-refractivity contribution in [2.24, 2.45) is 0 Å². The van der Waals surface area contributed by atoms with E-state index in [1.165, 1.54) is 31.2 Å². The molecule has 1 saturated carbocycles. The highest BCUT2D eigenvalue weighted by Crippen LogP contribution is 2.41. The van der Waals surface area contributed by atoms with E-state index in [9.17, 15) is 4.79 Å². The number of benzene rings is 1. The van der Waals surface area contributed by atoms with E-state index in [1.807, 2.05) is 6.07 Å². The van der Waals surface area contributed by atoms with Gasteiger partial charge in [0.25, 0.3) is 0 Å². The molecule has 1 aromatic rings. The van der Waals surface area contributed by atoms with E-state index in [2.05, 4.69) is 29.2 Å². The lowest BCUT2D eigenvalue weighted by atomic mass is 9.73. The van der Waals surface area contributed by atoms with Crippen LogP contribution >= 0.6 is 0 Å². The molecule has 102 valence electrons. The summed E-state index contributed by atoms with van der Waals surface area (Å²) < 4.78 is 0. The summed E-state index contributed by atoms with van der Waals surface area (Å²) in [5.41, 5.74) is 0.918. The number of Topliss-reactive ketones (excluding diaryl/α,β-unsaturated/α-hetero) is 1. The van der Waals surface area contributed by atoms with E-state index in [1.54, 1.807) is 0 Å². The van der Waals surface area contributed by atoms with E-state index < -0.39 is 0 Å². The Morgan fingerprint density at radius 1 is 0.895 bits per heavy atom. The smallest absolute Gasteiger partial charge is 0.157 e. The minimum atomic E-state index is -0.306. The Kier molecular flexibility index (Phi) is 3.69. The molecule has 2 fully saturated rings. The Balaban J connectivity index is 2.01. The lowest BCUT2D eigenvalue weighted by Gasteiger charge is -2.47. The van der Waals surface area contributed by atoms with E-state index in [0.717, 1.165) is 32.4 Å². The highest BCUT2D eigenvalue weighted by atomic mass is 16.1. The molecule has 19 heavy (non-hydrogen) atoms. The molecule has 1 saturated heterocycles. The van der Waals surface area contributed by atoms with Crippen molar-refractivity contribution < 1.29 is 4.79 Å². The zero-order valence-corrected chi connectivity index (χ0v) is 11.6. The average Bonchev–Trinajstić information content (AvgIpc) is 2.50. The number of likely N-dealkylation sites (tertiary alicyclic amines) is 1. The van der Waals surface area contributed by atoms with Crippen LogP contribution in [-0.2, 0) is 10.3 Å². The summed E-state index contributed by atoms with van der Waals surface area (Å²) in [6, 6.07) is 10.5. The molecule has 0 spiro atoms. The third-order valence-corrected chi connectivity index (χ3v) is 4.80. The van der Waals surface area contributed by atoms with Crippen molar-refractivity contribution in [2.75, 3.05) is 13.1 Å². The van der Waals surface area contributed by atoms with Crippen LogP contribution in [0.25, 0.3) is 0 Å². The second-order valence-electron chi connectivity index (χ2n) is 5.90. The molecule has 1 unspecified atom stereocenters. The van der Waals surface area contributed by atoms with Crippen LogP contribution in [0.5, 0.6) is 0 Å². The van der Waals surface area contributed by atoms with Crippen molar-refractivity contribution in [3.63, 3.8) is 0 Å². The van der Waals surface area contributed by atoms with Gasteiger partial charge < -0.3 is 0 Å². The Labute approximate surface area is 115 Å². The second-order valence-corrected chi connectivity index (χ2v) is 5.90. The summed E-state index contributed by atoms with van der Waals surface area (Å²) in [7, 11) is 0. The lowest BCUT2D eigenvalue weighted by Crippen LogP contribution is -2.55. The molecule has 1 aliphatic heterocycles. The fraction of sp³-hybridized carbons (Fsp3) is 0.588. The second kappa shape index (κ2) is 5.46. The van der Waals surface area contributed by atoms with Gasteiger partial charge in [0.2, 0.25) is 0 Å². The summed E-state index contributed by atoms with van der Waals surface area (Å²) in [5, 5.41) is 0. The van der Waals surface area contributed by atoms with Gasteiger partial charge in [-0.1, -0.05) is 43.2 Å². The molecule has 0 N–H and O–H groups in total. The summed E-state index contributed by atoms with van der Waals surface area (Å²) >= 11 is 0. The van der Waals surface area contributed by atoms with Gasteiger partial charge in [0.15, 0.2) is 5.78 Å². The molecule has 0 radical (unpaired) electrons. The monoisotopic (exact) mass is 257 g/mol. The van der Waals surface area contributed by atoms with Crippen molar-refractivity contribution in [1.82, 2.24) is 4.90 Å². The fourth-order valence-corrected chi connectivity index (χ4v) is 3.82. The molecule has 1 aliphatic carbocycles. The molecular weight excluding hydrogens is 234 g/mol. The Morgan fingerprint density at radius 2 is 1.63 bits per heavy atom. The highest BCUT2D eigenvalue weighted by Gasteiger charge is 2.46. The van der Waals surface area contributed by atoms with Crippen LogP contribution in [0, 0.1) is 0 Å². The number of piperidine rings is 1. The zero-order chi connectivity index (χ0) is 13.1. The van der Waals surface area contributed by atoms with Crippen LogP contribution in [0.15, 0.2) is 30.3 Å². The highest BCUT2D eigenvalue weighted by molar-refractivity contribution is 5.90. The predicted octanol–water partition coefficient (Wildman–Crippen LogP) is 3.51. The van der Waals surface area contributed by atoms with Crippen molar-refractivity contribution in [2.45, 2.75) is 50.5 Å². The van der Waals surface area contributed by atoms with E-state index in [0.29, 0.717) is 5.78 Å². The van der Waals surface area contributed by atoms with Crippen molar-refractivity contribution in [1.29, 1.82) is 0 Å². The molecule has 2 heteroatoms. The van der Waals surface area contributed by atoms with Gasteiger partial charge in [-0.15, -0.1) is 0 Å². The maximum Gasteiger partial charge on any atom is 0.157 e. The Bertz CT molecular complexity index is 436. The SMILES string of the molecule is O=C1CCCCC1(c1ccccc1)N1CCCCC1. The molecular formula is C17H23NO. The van der Waals surface area contributed by atoms with E-state index in [4.69, 9.17) is 0 Å². The van der Waals surface area contributed by atoms with Crippen LogP contribution in [0.3, 0.4) is 0 Å². The minimum Gasteiger partial charge on any atom is -0.297 e. The van der Waals surface area contributed by atoms with Crippen molar-refractivity contribution in [3.05, 3.63) is 35.9 Å². The minimum absolute atomic E-state index is 0.306. The largest absolute Gasteiger partial charge is 0.297 e. The van der Waals surface area contributed by atoms with Crippen molar-refractivity contribution >= 4 is 5.78 Å². The Morgan fingerprint density at radius 3 is 2.32 bits per heavy atom. The van der Waals surface area contributed by atoms with Gasteiger partial charge >= 0.3 is 0 Å². The van der Waals surface area contributed by atoms with Gasteiger partial charge in [-0.05, 0) is 44.3 Å². The van der Waals surface area contributed by atoms with Gasteiger partial charge in [-0.2, -0.15) is 0 Å². The molecule has 1 atom stereocenters. The molecule has 1 aromatic carbocycles. The number of carbonyl (C=O) groups excluding carboxylic acids is 1. The van der Waals surface area contributed by atoms with Crippen LogP contribution in [0.2, 0.25) is 0 Å². The topological polar surface area (TPSA) is 20.3 Å². The van der Waals surface area contributed by atoms with Gasteiger partial charge in [0.1, 0.15) is 5.54 Å². The zero-order valence-electron chi connectivity index (χ0n) is 11.6. The van der Waals surface area contributed by atoms with Crippen molar-refractivity contribution in [3.8, 4) is 0 Å². The predicted molar refractivity (Wildman–Crippen MR) is 77.0 cm³/mol.